The van der Waals surface area contributed by atoms with Gasteiger partial charge in [0.05, 0.1) is 15.1 Å². The predicted molar refractivity (Wildman–Crippen MR) is 138 cm³/mol. The molecule has 174 valence electrons. The van der Waals surface area contributed by atoms with Gasteiger partial charge in [0.25, 0.3) is 15.9 Å². The number of fused-ring (bicyclic) bond motifs is 1. The van der Waals surface area contributed by atoms with Crippen LogP contribution >= 0.6 is 11.3 Å². The molecule has 0 aliphatic heterocycles. The summed E-state index contributed by atoms with van der Waals surface area (Å²) in [7, 11) is -3.78. The lowest BCUT2D eigenvalue weighted by molar-refractivity contribution is 0.0998. The van der Waals surface area contributed by atoms with Gasteiger partial charge in [-0.3, -0.25) is 9.52 Å². The van der Waals surface area contributed by atoms with E-state index in [9.17, 15) is 13.2 Å². The average Bonchev–Trinajstić information content (AvgIpc) is 3.11. The number of allylic oxidation sites excluding steroid dienone is 1. The number of benzene rings is 3. The van der Waals surface area contributed by atoms with Crippen molar-refractivity contribution in [2.24, 2.45) is 4.99 Å². The van der Waals surface area contributed by atoms with Gasteiger partial charge in [-0.05, 0) is 68.3 Å². The van der Waals surface area contributed by atoms with Crippen LogP contribution in [0.1, 0.15) is 27.0 Å². The zero-order valence-electron chi connectivity index (χ0n) is 19.2. The topological polar surface area (TPSA) is 80.5 Å². The normalized spacial score (nSPS) is 12.1. The summed E-state index contributed by atoms with van der Waals surface area (Å²) in [6.07, 6.45) is 1.77. The molecule has 0 radical (unpaired) electrons. The molecule has 0 atom stereocenters. The van der Waals surface area contributed by atoms with Crippen molar-refractivity contribution in [3.8, 4) is 0 Å². The summed E-state index contributed by atoms with van der Waals surface area (Å²) in [4.78, 5) is 18.1. The van der Waals surface area contributed by atoms with Gasteiger partial charge in [0.1, 0.15) is 0 Å². The fourth-order valence-electron chi connectivity index (χ4n) is 3.70. The Morgan fingerprint density at radius 1 is 1.06 bits per heavy atom. The molecule has 0 saturated carbocycles. The molecule has 34 heavy (non-hydrogen) atoms. The van der Waals surface area contributed by atoms with Crippen LogP contribution in [0.25, 0.3) is 10.2 Å². The van der Waals surface area contributed by atoms with Crippen LogP contribution in [0.15, 0.2) is 83.2 Å². The highest BCUT2D eigenvalue weighted by Gasteiger charge is 2.16. The molecule has 8 heteroatoms. The molecular formula is C26H25N3O3S2. The summed E-state index contributed by atoms with van der Waals surface area (Å²) in [6, 6.07) is 17.1. The monoisotopic (exact) mass is 491 g/mol. The van der Waals surface area contributed by atoms with E-state index < -0.39 is 15.9 Å². The lowest BCUT2D eigenvalue weighted by Crippen LogP contribution is -2.16. The molecule has 3 aromatic carbocycles. The van der Waals surface area contributed by atoms with E-state index in [-0.39, 0.29) is 4.90 Å². The molecule has 0 spiro atoms. The predicted octanol–water partition coefficient (Wildman–Crippen LogP) is 5.36. The standard InChI is InChI=1S/C26H25N3O3S2/c1-5-13-29-23-15-18(3)14-19(4)24(23)33-26(29)27-25(30)20-7-6-8-21(16-20)28-34(31,32)22-11-9-17(2)10-12-22/h5-12,14-16,28H,1,13H2,2-4H3. The van der Waals surface area contributed by atoms with E-state index in [1.165, 1.54) is 17.4 Å². The molecule has 0 aliphatic rings. The van der Waals surface area contributed by atoms with Gasteiger partial charge in [0.15, 0.2) is 4.80 Å². The van der Waals surface area contributed by atoms with Crippen molar-refractivity contribution < 1.29 is 13.2 Å². The van der Waals surface area contributed by atoms with E-state index >= 15 is 0 Å². The van der Waals surface area contributed by atoms with Gasteiger partial charge in [0.2, 0.25) is 0 Å². The third kappa shape index (κ3) is 4.88. The van der Waals surface area contributed by atoms with Crippen molar-refractivity contribution in [2.45, 2.75) is 32.2 Å². The molecule has 4 rings (SSSR count). The molecule has 0 fully saturated rings. The fourth-order valence-corrected chi connectivity index (χ4v) is 5.84. The van der Waals surface area contributed by atoms with Crippen LogP contribution in [0.3, 0.4) is 0 Å². The number of carbonyl (C=O) groups is 1. The van der Waals surface area contributed by atoms with Crippen molar-refractivity contribution in [1.82, 2.24) is 4.57 Å². The van der Waals surface area contributed by atoms with E-state index in [0.717, 1.165) is 26.9 Å². The van der Waals surface area contributed by atoms with Crippen molar-refractivity contribution in [1.29, 1.82) is 0 Å². The molecule has 0 unspecified atom stereocenters. The SMILES string of the molecule is C=CCn1c(=NC(=O)c2cccc(NS(=O)(=O)c3ccc(C)cc3)c2)sc2c(C)cc(C)cc21. The van der Waals surface area contributed by atoms with E-state index in [1.54, 1.807) is 48.5 Å². The summed E-state index contributed by atoms with van der Waals surface area (Å²) in [5.74, 6) is -0.449. The quantitative estimate of drug-likeness (QED) is 0.369. The Hall–Kier alpha value is -3.49. The van der Waals surface area contributed by atoms with Gasteiger partial charge in [-0.25, -0.2) is 8.42 Å². The zero-order chi connectivity index (χ0) is 24.5. The fraction of sp³-hybridized carbons (Fsp3) is 0.154. The zero-order valence-corrected chi connectivity index (χ0v) is 20.8. The average molecular weight is 492 g/mol. The lowest BCUT2D eigenvalue weighted by atomic mass is 10.1. The molecule has 0 bridgehead atoms. The molecule has 4 aromatic rings. The summed E-state index contributed by atoms with van der Waals surface area (Å²) < 4.78 is 31.0. The van der Waals surface area contributed by atoms with E-state index in [0.29, 0.717) is 22.6 Å². The van der Waals surface area contributed by atoms with Gasteiger partial charge >= 0.3 is 0 Å². The second-order valence-corrected chi connectivity index (χ2v) is 10.8. The maximum Gasteiger partial charge on any atom is 0.279 e. The third-order valence-electron chi connectivity index (χ3n) is 5.32. The number of amides is 1. The first-order chi connectivity index (χ1) is 16.2. The Balaban J connectivity index is 1.70. The van der Waals surface area contributed by atoms with Crippen LogP contribution in [0.4, 0.5) is 5.69 Å². The first-order valence-electron chi connectivity index (χ1n) is 10.7. The van der Waals surface area contributed by atoms with Crippen molar-refractivity contribution in [2.75, 3.05) is 4.72 Å². The summed E-state index contributed by atoms with van der Waals surface area (Å²) in [5, 5.41) is 0. The van der Waals surface area contributed by atoms with Crippen LogP contribution in [0.5, 0.6) is 0 Å². The molecule has 1 aromatic heterocycles. The highest BCUT2D eigenvalue weighted by molar-refractivity contribution is 7.92. The largest absolute Gasteiger partial charge is 0.312 e. The Morgan fingerprint density at radius 3 is 2.50 bits per heavy atom. The van der Waals surface area contributed by atoms with Gasteiger partial charge in [0, 0.05) is 17.8 Å². The number of hydrogen-bond donors (Lipinski definition) is 1. The minimum atomic E-state index is -3.78. The van der Waals surface area contributed by atoms with Crippen LogP contribution in [0, 0.1) is 20.8 Å². The summed E-state index contributed by atoms with van der Waals surface area (Å²) in [6.45, 7) is 10.3. The number of sulfonamides is 1. The number of nitrogens with zero attached hydrogens (tertiary/aromatic N) is 2. The highest BCUT2D eigenvalue weighted by atomic mass is 32.2. The highest BCUT2D eigenvalue weighted by Crippen LogP contribution is 2.24. The van der Waals surface area contributed by atoms with Crippen LogP contribution in [0.2, 0.25) is 0 Å². The van der Waals surface area contributed by atoms with E-state index in [1.807, 2.05) is 25.3 Å². The molecule has 0 aliphatic carbocycles. The first kappa shape index (κ1) is 23.7. The molecule has 6 nitrogen and oxygen atoms in total. The van der Waals surface area contributed by atoms with E-state index in [2.05, 4.69) is 28.4 Å². The Bertz CT molecular complexity index is 1580. The number of carbonyl (C=O) groups excluding carboxylic acids is 1. The lowest BCUT2D eigenvalue weighted by Gasteiger charge is -2.09. The number of hydrogen-bond acceptors (Lipinski definition) is 4. The molecule has 1 N–H and O–H groups in total. The van der Waals surface area contributed by atoms with Gasteiger partial charge in [-0.15, -0.1) is 6.58 Å². The molecule has 1 heterocycles. The Kier molecular flexibility index (Phi) is 6.54. The Labute approximate surface area is 203 Å². The third-order valence-corrected chi connectivity index (χ3v) is 7.94. The summed E-state index contributed by atoms with van der Waals surface area (Å²) in [5.41, 5.74) is 4.82. The number of nitrogens with one attached hydrogen (secondary N) is 1. The smallest absolute Gasteiger partial charge is 0.279 e. The minimum Gasteiger partial charge on any atom is -0.312 e. The van der Waals surface area contributed by atoms with Crippen molar-refractivity contribution in [3.05, 3.63) is 100 Å². The first-order valence-corrected chi connectivity index (χ1v) is 13.0. The maximum atomic E-state index is 13.0. The van der Waals surface area contributed by atoms with Crippen LogP contribution in [-0.2, 0) is 16.6 Å². The minimum absolute atomic E-state index is 0.154. The Morgan fingerprint density at radius 2 is 1.79 bits per heavy atom. The number of rotatable bonds is 6. The van der Waals surface area contributed by atoms with Gasteiger partial charge in [-0.1, -0.05) is 47.2 Å². The number of aryl methyl sites for hydroxylation is 3. The van der Waals surface area contributed by atoms with Gasteiger partial charge < -0.3 is 4.57 Å². The second-order valence-electron chi connectivity index (χ2n) is 8.13. The van der Waals surface area contributed by atoms with Crippen LogP contribution in [-0.4, -0.2) is 18.9 Å². The number of anilines is 1. The molecular weight excluding hydrogens is 466 g/mol. The second kappa shape index (κ2) is 9.40. The summed E-state index contributed by atoms with van der Waals surface area (Å²) >= 11 is 1.45. The molecule has 1 amide bonds. The van der Waals surface area contributed by atoms with E-state index in [4.69, 9.17) is 0 Å². The van der Waals surface area contributed by atoms with Crippen molar-refractivity contribution in [3.63, 3.8) is 0 Å². The maximum absolute atomic E-state index is 13.0. The van der Waals surface area contributed by atoms with Gasteiger partial charge in [-0.2, -0.15) is 4.99 Å². The van der Waals surface area contributed by atoms with Crippen molar-refractivity contribution >= 4 is 43.2 Å². The van der Waals surface area contributed by atoms with Crippen LogP contribution < -0.4 is 9.52 Å². The molecule has 0 saturated heterocycles. The number of thiazole rings is 1. The number of aromatic nitrogens is 1.